The van der Waals surface area contributed by atoms with E-state index in [1.807, 2.05) is 0 Å². The lowest BCUT2D eigenvalue weighted by molar-refractivity contribution is -0.385. The summed E-state index contributed by atoms with van der Waals surface area (Å²) in [6.45, 7) is 0. The third-order valence-electron chi connectivity index (χ3n) is 2.44. The van der Waals surface area contributed by atoms with Crippen molar-refractivity contribution in [1.82, 2.24) is 0 Å². The number of rotatable bonds is 4. The minimum absolute atomic E-state index is 0.0919. The summed E-state index contributed by atoms with van der Waals surface area (Å²) >= 11 is 3.14. The molecule has 0 saturated heterocycles. The van der Waals surface area contributed by atoms with Crippen LogP contribution in [0.25, 0.3) is 0 Å². The fourth-order valence-electron chi connectivity index (χ4n) is 1.54. The van der Waals surface area contributed by atoms with E-state index in [9.17, 15) is 19.3 Å². The summed E-state index contributed by atoms with van der Waals surface area (Å²) < 4.78 is 18.8. The number of nitrogens with zero attached hydrogens (tertiary/aromatic N) is 1. The Kier molecular flexibility index (Phi) is 4.09. The Morgan fingerprint density at radius 3 is 2.60 bits per heavy atom. The largest absolute Gasteiger partial charge is 0.456 e. The summed E-state index contributed by atoms with van der Waals surface area (Å²) in [4.78, 5) is 20.9. The molecule has 7 heteroatoms. The average molecular weight is 340 g/mol. The molecule has 0 amide bonds. The smallest absolute Gasteiger partial charge is 0.280 e. The summed E-state index contributed by atoms with van der Waals surface area (Å²) in [5, 5.41) is 10.7. The Bertz CT molecular complexity index is 690. The van der Waals surface area contributed by atoms with Gasteiger partial charge in [0.2, 0.25) is 0 Å². The number of nitro benzene ring substituents is 1. The Hall–Kier alpha value is -2.28. The van der Waals surface area contributed by atoms with E-state index in [-0.39, 0.29) is 17.0 Å². The maximum absolute atomic E-state index is 12.9. The maximum atomic E-state index is 12.9. The van der Waals surface area contributed by atoms with Gasteiger partial charge in [0.1, 0.15) is 17.3 Å². The average Bonchev–Trinajstić information content (AvgIpc) is 2.41. The molecule has 0 aliphatic carbocycles. The van der Waals surface area contributed by atoms with Gasteiger partial charge in [-0.1, -0.05) is 0 Å². The van der Waals surface area contributed by atoms with Crippen LogP contribution < -0.4 is 4.74 Å². The molecule has 2 aromatic rings. The summed E-state index contributed by atoms with van der Waals surface area (Å²) in [5.41, 5.74) is -0.392. The van der Waals surface area contributed by atoms with Gasteiger partial charge in [-0.15, -0.1) is 0 Å². The number of ether oxygens (including phenoxy) is 1. The normalized spacial score (nSPS) is 10.1. The fourth-order valence-corrected chi connectivity index (χ4v) is 1.97. The zero-order chi connectivity index (χ0) is 14.7. The van der Waals surface area contributed by atoms with E-state index in [0.717, 1.165) is 0 Å². The van der Waals surface area contributed by atoms with Gasteiger partial charge in [-0.05, 0) is 46.3 Å². The fraction of sp³-hybridized carbons (Fsp3) is 0. The highest BCUT2D eigenvalue weighted by Gasteiger charge is 2.14. The second kappa shape index (κ2) is 5.79. The number of carbonyl (C=O) groups excluding carboxylic acids is 1. The second-order valence-electron chi connectivity index (χ2n) is 3.77. The molecule has 0 heterocycles. The zero-order valence-electron chi connectivity index (χ0n) is 9.88. The Labute approximate surface area is 121 Å². The van der Waals surface area contributed by atoms with Crippen molar-refractivity contribution in [2.45, 2.75) is 0 Å². The number of hydrogen-bond acceptors (Lipinski definition) is 4. The van der Waals surface area contributed by atoms with Crippen molar-refractivity contribution in [1.29, 1.82) is 0 Å². The molecule has 0 N–H and O–H groups in total. The first kappa shape index (κ1) is 14.1. The molecule has 5 nitrogen and oxygen atoms in total. The van der Waals surface area contributed by atoms with Crippen LogP contribution in [-0.4, -0.2) is 11.2 Å². The Balaban J connectivity index is 2.34. The van der Waals surface area contributed by atoms with Crippen molar-refractivity contribution < 1.29 is 18.8 Å². The molecule has 0 aromatic heterocycles. The third-order valence-corrected chi connectivity index (χ3v) is 3.06. The molecule has 2 aromatic carbocycles. The van der Waals surface area contributed by atoms with Crippen LogP contribution in [-0.2, 0) is 0 Å². The van der Waals surface area contributed by atoms with Crippen molar-refractivity contribution >= 4 is 27.9 Å². The molecule has 0 fully saturated rings. The van der Waals surface area contributed by atoms with Crippen molar-refractivity contribution in [2.24, 2.45) is 0 Å². The minimum atomic E-state index is -0.651. The van der Waals surface area contributed by atoms with E-state index >= 15 is 0 Å². The molecule has 0 saturated carbocycles. The van der Waals surface area contributed by atoms with Gasteiger partial charge in [0, 0.05) is 6.07 Å². The predicted molar refractivity (Wildman–Crippen MR) is 72.7 cm³/mol. The Morgan fingerprint density at radius 1 is 1.25 bits per heavy atom. The molecule has 2 rings (SSSR count). The first-order valence-electron chi connectivity index (χ1n) is 5.38. The van der Waals surface area contributed by atoms with Gasteiger partial charge in [0.05, 0.1) is 15.0 Å². The van der Waals surface area contributed by atoms with Gasteiger partial charge in [-0.2, -0.15) is 0 Å². The van der Waals surface area contributed by atoms with Crippen LogP contribution in [0.15, 0.2) is 40.9 Å². The van der Waals surface area contributed by atoms with E-state index in [1.165, 1.54) is 36.4 Å². The molecule has 0 unspecified atom stereocenters. The number of carbonyl (C=O) groups is 1. The zero-order valence-corrected chi connectivity index (χ0v) is 11.5. The third kappa shape index (κ3) is 3.00. The minimum Gasteiger partial charge on any atom is -0.456 e. The van der Waals surface area contributed by atoms with Crippen molar-refractivity contribution in [2.75, 3.05) is 0 Å². The van der Waals surface area contributed by atoms with Crippen LogP contribution in [0, 0.1) is 15.9 Å². The van der Waals surface area contributed by atoms with Gasteiger partial charge in [0.15, 0.2) is 6.29 Å². The number of aldehydes is 1. The van der Waals surface area contributed by atoms with Crippen LogP contribution >= 0.6 is 15.9 Å². The summed E-state index contributed by atoms with van der Waals surface area (Å²) in [6.07, 6.45) is 0.380. The first-order chi connectivity index (χ1) is 9.51. The molecular weight excluding hydrogens is 333 g/mol. The molecule has 0 radical (unpaired) electrons. The molecule has 0 aliphatic heterocycles. The van der Waals surface area contributed by atoms with Crippen LogP contribution in [0.4, 0.5) is 10.1 Å². The molecule has 0 aliphatic rings. The van der Waals surface area contributed by atoms with Crippen LogP contribution in [0.3, 0.4) is 0 Å². The van der Waals surface area contributed by atoms with E-state index in [2.05, 4.69) is 15.9 Å². The highest BCUT2D eigenvalue weighted by molar-refractivity contribution is 9.10. The number of nitro groups is 1. The SMILES string of the molecule is O=Cc1cc(Oc2ccc(F)cc2Br)ccc1[N+](=O)[O-]. The Morgan fingerprint density at radius 2 is 2.00 bits per heavy atom. The van der Waals surface area contributed by atoms with Crippen LogP contribution in [0.1, 0.15) is 10.4 Å². The van der Waals surface area contributed by atoms with Crippen molar-refractivity contribution in [3.63, 3.8) is 0 Å². The first-order valence-corrected chi connectivity index (χ1v) is 6.17. The van der Waals surface area contributed by atoms with Crippen molar-refractivity contribution in [3.8, 4) is 11.5 Å². The molecule has 0 bridgehead atoms. The number of hydrogen-bond donors (Lipinski definition) is 0. The predicted octanol–water partition coefficient (Wildman–Crippen LogP) is 4.10. The van der Waals surface area contributed by atoms with Crippen LogP contribution in [0.5, 0.6) is 11.5 Å². The lowest BCUT2D eigenvalue weighted by Crippen LogP contribution is -1.95. The van der Waals surface area contributed by atoms with Gasteiger partial charge in [0.25, 0.3) is 5.69 Å². The highest BCUT2D eigenvalue weighted by Crippen LogP contribution is 2.32. The highest BCUT2D eigenvalue weighted by atomic mass is 79.9. The number of halogens is 2. The van der Waals surface area contributed by atoms with Gasteiger partial charge >= 0.3 is 0 Å². The monoisotopic (exact) mass is 339 g/mol. The van der Waals surface area contributed by atoms with Crippen molar-refractivity contribution in [3.05, 3.63) is 62.4 Å². The molecule has 0 atom stereocenters. The van der Waals surface area contributed by atoms with Gasteiger partial charge < -0.3 is 4.74 Å². The standard InChI is InChI=1S/C13H7BrFNO4/c14-11-6-9(15)1-4-13(11)20-10-2-3-12(16(18)19)8(5-10)7-17/h1-7H. The molecule has 0 spiro atoms. The maximum Gasteiger partial charge on any atom is 0.280 e. The molecule has 102 valence electrons. The van der Waals surface area contributed by atoms with Gasteiger partial charge in [-0.3, -0.25) is 14.9 Å². The molecule has 20 heavy (non-hydrogen) atoms. The second-order valence-corrected chi connectivity index (χ2v) is 4.63. The quantitative estimate of drug-likeness (QED) is 0.477. The van der Waals surface area contributed by atoms with Crippen LogP contribution in [0.2, 0.25) is 0 Å². The summed E-state index contributed by atoms with van der Waals surface area (Å²) in [6, 6.07) is 7.63. The molecular formula is C13H7BrFNO4. The van der Waals surface area contributed by atoms with E-state index in [0.29, 0.717) is 16.5 Å². The summed E-state index contributed by atoms with van der Waals surface area (Å²) in [5.74, 6) is 0.142. The van der Waals surface area contributed by atoms with Gasteiger partial charge in [-0.25, -0.2) is 4.39 Å². The van der Waals surface area contributed by atoms with E-state index in [1.54, 1.807) is 0 Å². The lowest BCUT2D eigenvalue weighted by Gasteiger charge is -2.08. The van der Waals surface area contributed by atoms with E-state index < -0.39 is 10.7 Å². The number of benzene rings is 2. The van der Waals surface area contributed by atoms with E-state index in [4.69, 9.17) is 4.74 Å². The topological polar surface area (TPSA) is 69.4 Å². The summed E-state index contributed by atoms with van der Waals surface area (Å²) in [7, 11) is 0. The lowest BCUT2D eigenvalue weighted by atomic mass is 10.2.